The summed E-state index contributed by atoms with van der Waals surface area (Å²) in [6.07, 6.45) is 5.92. The van der Waals surface area contributed by atoms with Crippen molar-refractivity contribution in [2.45, 2.75) is 45.6 Å². The van der Waals surface area contributed by atoms with Crippen molar-refractivity contribution in [2.75, 3.05) is 31.1 Å². The fourth-order valence-electron chi connectivity index (χ4n) is 2.60. The Bertz CT molecular complexity index is 585. The van der Waals surface area contributed by atoms with Gasteiger partial charge in [0.15, 0.2) is 0 Å². The maximum atomic E-state index is 12.7. The van der Waals surface area contributed by atoms with E-state index in [1.54, 1.807) is 25.7 Å². The highest BCUT2D eigenvalue weighted by Crippen LogP contribution is 2.35. The summed E-state index contributed by atoms with van der Waals surface area (Å²) in [5.41, 5.74) is -1.38. The lowest BCUT2D eigenvalue weighted by atomic mass is 9.83. The fourth-order valence-corrected chi connectivity index (χ4v) is 4.49. The molecule has 0 bridgehead atoms. The number of likely N-dealkylation sites (tertiary alicyclic amines) is 1. The molecule has 1 rings (SSSR count). The Morgan fingerprint density at radius 2 is 1.96 bits per heavy atom. The number of hydrogen-bond acceptors (Lipinski definition) is 6. The van der Waals surface area contributed by atoms with Gasteiger partial charge in [0.25, 0.3) is 0 Å². The molecule has 1 atom stereocenters. The number of nitrogens with zero attached hydrogens (tertiary/aromatic N) is 1. The number of rotatable bonds is 9. The molecule has 0 saturated carbocycles. The van der Waals surface area contributed by atoms with E-state index in [0.717, 1.165) is 0 Å². The molecule has 2 N–H and O–H groups in total. The normalized spacial score (nSPS) is 19.4. The van der Waals surface area contributed by atoms with Crippen LogP contribution in [0.25, 0.3) is 0 Å². The second-order valence-corrected chi connectivity index (χ2v) is 10.1. The van der Waals surface area contributed by atoms with Gasteiger partial charge in [0, 0.05) is 37.6 Å². The van der Waals surface area contributed by atoms with Crippen LogP contribution < -0.4 is 5.32 Å². The Hall–Kier alpha value is -1.53. The van der Waals surface area contributed by atoms with Gasteiger partial charge in [0.1, 0.15) is 5.60 Å². The molecule has 1 aliphatic rings. The van der Waals surface area contributed by atoms with Gasteiger partial charge in [-0.2, -0.15) is 0 Å². The SMILES string of the molecule is C#CCC1(C(=O)NCCSSCCC(=O)O)CCN(C(=O)OC(C)(C)C)C1. The Morgan fingerprint density at radius 3 is 2.56 bits per heavy atom. The first-order valence-electron chi connectivity index (χ1n) is 8.75. The molecule has 0 aromatic rings. The zero-order chi connectivity index (χ0) is 20.5. The van der Waals surface area contributed by atoms with Gasteiger partial charge in [0.05, 0.1) is 11.8 Å². The average molecular weight is 417 g/mol. The number of carbonyl (C=O) groups excluding carboxylic acids is 2. The van der Waals surface area contributed by atoms with Crippen LogP contribution in [0.1, 0.15) is 40.0 Å². The molecule has 1 aliphatic heterocycles. The van der Waals surface area contributed by atoms with Crippen molar-refractivity contribution in [3.8, 4) is 12.3 Å². The van der Waals surface area contributed by atoms with Crippen molar-refractivity contribution in [1.29, 1.82) is 0 Å². The van der Waals surface area contributed by atoms with E-state index >= 15 is 0 Å². The first-order valence-corrected chi connectivity index (χ1v) is 11.2. The van der Waals surface area contributed by atoms with E-state index in [0.29, 0.717) is 31.0 Å². The molecule has 0 aromatic heterocycles. The Labute approximate surface area is 168 Å². The summed E-state index contributed by atoms with van der Waals surface area (Å²) in [7, 11) is 2.98. The van der Waals surface area contributed by atoms with Crippen molar-refractivity contribution < 1.29 is 24.2 Å². The summed E-state index contributed by atoms with van der Waals surface area (Å²) < 4.78 is 5.38. The number of carbonyl (C=O) groups is 3. The van der Waals surface area contributed by atoms with Crippen LogP contribution in [-0.4, -0.2) is 64.7 Å². The first-order chi connectivity index (χ1) is 12.6. The zero-order valence-electron chi connectivity index (χ0n) is 16.1. The summed E-state index contributed by atoms with van der Waals surface area (Å²) >= 11 is 0. The minimum Gasteiger partial charge on any atom is -0.481 e. The highest BCUT2D eigenvalue weighted by atomic mass is 33.1. The lowest BCUT2D eigenvalue weighted by Crippen LogP contribution is -2.45. The van der Waals surface area contributed by atoms with Gasteiger partial charge < -0.3 is 20.1 Å². The zero-order valence-corrected chi connectivity index (χ0v) is 17.7. The minimum absolute atomic E-state index is 0.121. The lowest BCUT2D eigenvalue weighted by Gasteiger charge is -2.28. The quantitative estimate of drug-likeness (QED) is 0.339. The summed E-state index contributed by atoms with van der Waals surface area (Å²) in [5, 5.41) is 11.5. The molecule has 0 aliphatic carbocycles. The molecular formula is C18H28N2O5S2. The van der Waals surface area contributed by atoms with E-state index in [-0.39, 0.29) is 25.3 Å². The van der Waals surface area contributed by atoms with E-state index in [1.807, 2.05) is 0 Å². The molecule has 0 spiro atoms. The third kappa shape index (κ3) is 8.35. The number of aliphatic carboxylic acids is 1. The van der Waals surface area contributed by atoms with Crippen LogP contribution >= 0.6 is 21.6 Å². The van der Waals surface area contributed by atoms with Crippen molar-refractivity contribution in [3.63, 3.8) is 0 Å². The topological polar surface area (TPSA) is 95.9 Å². The molecule has 0 aromatic carbocycles. The third-order valence-electron chi connectivity index (χ3n) is 3.88. The van der Waals surface area contributed by atoms with Crippen molar-refractivity contribution in [2.24, 2.45) is 5.41 Å². The van der Waals surface area contributed by atoms with E-state index in [2.05, 4.69) is 11.2 Å². The largest absolute Gasteiger partial charge is 0.481 e. The van der Waals surface area contributed by atoms with Crippen LogP contribution in [-0.2, 0) is 14.3 Å². The number of terminal acetylenes is 1. The molecule has 1 heterocycles. The molecule has 9 heteroatoms. The average Bonchev–Trinajstić information content (AvgIpc) is 2.98. The molecule has 1 fully saturated rings. The van der Waals surface area contributed by atoms with E-state index in [9.17, 15) is 14.4 Å². The number of ether oxygens (including phenoxy) is 1. The first kappa shape index (κ1) is 23.5. The second kappa shape index (κ2) is 10.7. The highest BCUT2D eigenvalue weighted by Gasteiger charge is 2.46. The third-order valence-corrected chi connectivity index (χ3v) is 6.29. The molecule has 2 amide bonds. The van der Waals surface area contributed by atoms with Crippen molar-refractivity contribution in [1.82, 2.24) is 10.2 Å². The van der Waals surface area contributed by atoms with Crippen LogP contribution in [0.15, 0.2) is 0 Å². The molecule has 152 valence electrons. The van der Waals surface area contributed by atoms with Crippen LogP contribution in [0.2, 0.25) is 0 Å². The summed E-state index contributed by atoms with van der Waals surface area (Å²) in [6.45, 7) is 6.54. The van der Waals surface area contributed by atoms with Crippen molar-refractivity contribution >= 4 is 39.6 Å². The fraction of sp³-hybridized carbons (Fsp3) is 0.722. The maximum absolute atomic E-state index is 12.7. The predicted octanol–water partition coefficient (Wildman–Crippen LogP) is 2.61. The Morgan fingerprint density at radius 1 is 1.30 bits per heavy atom. The smallest absolute Gasteiger partial charge is 0.410 e. The Balaban J connectivity index is 2.48. The van der Waals surface area contributed by atoms with E-state index in [4.69, 9.17) is 16.3 Å². The van der Waals surface area contributed by atoms with Gasteiger partial charge >= 0.3 is 12.1 Å². The molecule has 1 saturated heterocycles. The standard InChI is InChI=1S/C18H28N2O5S2/c1-5-7-18(8-10-20(13-18)16(24)25-17(2,3)4)15(23)19-9-12-27-26-11-6-14(21)22/h1H,6-13H2,2-4H3,(H,19,23)(H,21,22). The second-order valence-electron chi connectivity index (χ2n) is 7.36. The molecule has 7 nitrogen and oxygen atoms in total. The Kier molecular flexibility index (Phi) is 9.33. The lowest BCUT2D eigenvalue weighted by molar-refractivity contribution is -0.136. The van der Waals surface area contributed by atoms with Crippen LogP contribution in [0.5, 0.6) is 0 Å². The molecule has 1 unspecified atom stereocenters. The molecular weight excluding hydrogens is 388 g/mol. The molecule has 27 heavy (non-hydrogen) atoms. The predicted molar refractivity (Wildman–Crippen MR) is 108 cm³/mol. The highest BCUT2D eigenvalue weighted by molar-refractivity contribution is 8.76. The van der Waals surface area contributed by atoms with Crippen LogP contribution in [0.3, 0.4) is 0 Å². The summed E-state index contributed by atoms with van der Waals surface area (Å²) in [5.74, 6) is 2.79. The number of nitrogens with one attached hydrogen (secondary N) is 1. The van der Waals surface area contributed by atoms with E-state index < -0.39 is 23.1 Å². The van der Waals surface area contributed by atoms with Gasteiger partial charge in [-0.05, 0) is 27.2 Å². The van der Waals surface area contributed by atoms with Gasteiger partial charge in [0.2, 0.25) is 5.91 Å². The monoisotopic (exact) mass is 416 g/mol. The van der Waals surface area contributed by atoms with Crippen LogP contribution in [0.4, 0.5) is 4.79 Å². The summed E-state index contributed by atoms with van der Waals surface area (Å²) in [4.78, 5) is 36.9. The van der Waals surface area contributed by atoms with Gasteiger partial charge in [-0.3, -0.25) is 9.59 Å². The minimum atomic E-state index is -0.816. The van der Waals surface area contributed by atoms with Gasteiger partial charge in [-0.25, -0.2) is 4.79 Å². The number of amides is 2. The maximum Gasteiger partial charge on any atom is 0.410 e. The number of hydrogen-bond donors (Lipinski definition) is 2. The van der Waals surface area contributed by atoms with Crippen molar-refractivity contribution in [3.05, 3.63) is 0 Å². The van der Waals surface area contributed by atoms with Crippen LogP contribution in [0, 0.1) is 17.8 Å². The molecule has 0 radical (unpaired) electrons. The van der Waals surface area contributed by atoms with E-state index in [1.165, 1.54) is 21.6 Å². The number of carboxylic acid groups (broad SMARTS) is 1. The van der Waals surface area contributed by atoms with Gasteiger partial charge in [-0.1, -0.05) is 21.6 Å². The van der Waals surface area contributed by atoms with Gasteiger partial charge in [-0.15, -0.1) is 12.3 Å². The number of carboxylic acids is 1. The summed E-state index contributed by atoms with van der Waals surface area (Å²) in [6, 6.07) is 0.